The fraction of sp³-hybridized carbons (Fsp3) is 0.192. The molecule has 1 aliphatic carbocycles. The molecule has 0 amide bonds. The highest BCUT2D eigenvalue weighted by Crippen LogP contribution is 2.41. The van der Waals surface area contributed by atoms with Crippen LogP contribution < -0.4 is 16.0 Å². The first kappa shape index (κ1) is 24.3. The second-order valence-corrected chi connectivity index (χ2v) is 8.95. The summed E-state index contributed by atoms with van der Waals surface area (Å²) >= 11 is 6.42. The lowest BCUT2D eigenvalue weighted by molar-refractivity contribution is 0.0937. The number of aromatic amines is 1. The normalized spacial score (nSPS) is 12.9. The maximum atomic E-state index is 13.4. The first-order valence-corrected chi connectivity index (χ1v) is 11.7. The lowest BCUT2D eigenvalue weighted by Gasteiger charge is -2.13. The third-order valence-corrected chi connectivity index (χ3v) is 6.25. The van der Waals surface area contributed by atoms with Crippen molar-refractivity contribution in [3.63, 3.8) is 0 Å². The Balaban J connectivity index is 0.00000280. The fourth-order valence-electron chi connectivity index (χ4n) is 4.06. The summed E-state index contributed by atoms with van der Waals surface area (Å²) in [6, 6.07) is 17.4. The first-order valence-electron chi connectivity index (χ1n) is 11.3. The number of nitrogens with two attached hydrogens (primary N) is 1. The zero-order valence-corrected chi connectivity index (χ0v) is 19.6. The Morgan fingerprint density at radius 2 is 1.89 bits per heavy atom. The number of H-pyrrole nitrogens is 1. The third kappa shape index (κ3) is 4.58. The van der Waals surface area contributed by atoms with E-state index in [0.29, 0.717) is 11.5 Å². The summed E-state index contributed by atoms with van der Waals surface area (Å²) in [6.07, 6.45) is 1.96. The van der Waals surface area contributed by atoms with Crippen molar-refractivity contribution in [2.24, 2.45) is 0 Å². The number of aromatic nitrogens is 6. The number of carbonyl (C=O) groups excluding carboxylic acids is 1. The van der Waals surface area contributed by atoms with E-state index in [4.69, 9.17) is 22.1 Å². The van der Waals surface area contributed by atoms with Crippen LogP contribution in [0.15, 0.2) is 65.5 Å². The molecule has 37 heavy (non-hydrogen) atoms. The minimum atomic E-state index is -0.433. The van der Waals surface area contributed by atoms with Crippen LogP contribution in [0.3, 0.4) is 0 Å². The summed E-state index contributed by atoms with van der Waals surface area (Å²) < 4.78 is 8.50. The van der Waals surface area contributed by atoms with Crippen LogP contribution in [0.2, 0.25) is 5.02 Å². The predicted molar refractivity (Wildman–Crippen MR) is 140 cm³/mol. The van der Waals surface area contributed by atoms with Crippen molar-refractivity contribution in [2.75, 3.05) is 5.73 Å². The van der Waals surface area contributed by atoms with Crippen LogP contribution in [-0.4, -0.2) is 35.3 Å². The lowest BCUT2D eigenvalue weighted by atomic mass is 10.1. The molecule has 0 aliphatic heterocycles. The summed E-state index contributed by atoms with van der Waals surface area (Å²) in [4.78, 5) is 35.0. The quantitative estimate of drug-likeness (QED) is 0.343. The number of halogens is 1. The van der Waals surface area contributed by atoms with Gasteiger partial charge in [-0.15, -0.1) is 5.10 Å². The topological polar surface area (TPSA) is 133 Å². The molecule has 0 bridgehead atoms. The van der Waals surface area contributed by atoms with Crippen LogP contribution in [0.1, 0.15) is 47.9 Å². The standard InChI is InChI=1S/C25H20ClN7O3.CH4/c26-17-7-4-8-19(22(17)24(35)32-18(14-9-10-14)12-20(27)30-32)36-13-16-11-21(34)33-25(28-16)29-23(31-33)15-5-2-1-3-6-15;/h1-8,11-12,14H,9-10,13H2,(H2,27,30)(H,28,29,31);1H4. The molecule has 2 aromatic carbocycles. The van der Waals surface area contributed by atoms with Crippen molar-refractivity contribution >= 4 is 29.1 Å². The molecule has 0 atom stereocenters. The van der Waals surface area contributed by atoms with Crippen LogP contribution >= 0.6 is 11.6 Å². The molecule has 3 heterocycles. The number of carbonyl (C=O) groups is 1. The van der Waals surface area contributed by atoms with Gasteiger partial charge in [0.2, 0.25) is 0 Å². The van der Waals surface area contributed by atoms with Gasteiger partial charge >= 0.3 is 0 Å². The Morgan fingerprint density at radius 1 is 1.11 bits per heavy atom. The Kier molecular flexibility index (Phi) is 6.26. The van der Waals surface area contributed by atoms with E-state index in [-0.39, 0.29) is 53.4 Å². The number of nitrogens with zero attached hydrogens (tertiary/aromatic N) is 5. The fourth-order valence-corrected chi connectivity index (χ4v) is 4.31. The smallest absolute Gasteiger partial charge is 0.283 e. The van der Waals surface area contributed by atoms with Gasteiger partial charge in [0.25, 0.3) is 17.2 Å². The maximum Gasteiger partial charge on any atom is 0.283 e. The first-order chi connectivity index (χ1) is 17.5. The summed E-state index contributed by atoms with van der Waals surface area (Å²) in [5.74, 6) is 1.07. The van der Waals surface area contributed by atoms with Crippen molar-refractivity contribution < 1.29 is 9.53 Å². The summed E-state index contributed by atoms with van der Waals surface area (Å²) in [7, 11) is 0. The average Bonchev–Trinajstić information content (AvgIpc) is 3.51. The summed E-state index contributed by atoms with van der Waals surface area (Å²) in [5.41, 5.74) is 7.64. The van der Waals surface area contributed by atoms with Crippen LogP contribution in [-0.2, 0) is 6.61 Å². The molecule has 3 aromatic heterocycles. The monoisotopic (exact) mass is 517 g/mol. The molecule has 0 radical (unpaired) electrons. The molecule has 5 aromatic rings. The molecule has 0 unspecified atom stereocenters. The molecule has 1 aliphatic rings. The number of benzene rings is 2. The Morgan fingerprint density at radius 3 is 2.65 bits per heavy atom. The predicted octanol–water partition coefficient (Wildman–Crippen LogP) is 4.30. The molecule has 1 fully saturated rings. The van der Waals surface area contributed by atoms with Gasteiger partial charge in [-0.1, -0.05) is 55.4 Å². The van der Waals surface area contributed by atoms with Gasteiger partial charge in [0.05, 0.1) is 16.4 Å². The molecule has 0 saturated heterocycles. The van der Waals surface area contributed by atoms with Crippen LogP contribution in [0.25, 0.3) is 17.2 Å². The number of hydrogen-bond acceptors (Lipinski definition) is 7. The minimum absolute atomic E-state index is 0. The zero-order valence-electron chi connectivity index (χ0n) is 18.9. The van der Waals surface area contributed by atoms with E-state index in [0.717, 1.165) is 24.1 Å². The Labute approximate surface area is 216 Å². The molecule has 0 spiro atoms. The second-order valence-electron chi connectivity index (χ2n) is 8.55. The van der Waals surface area contributed by atoms with Crippen LogP contribution in [0, 0.1) is 0 Å². The van der Waals surface area contributed by atoms with Gasteiger partial charge in [-0.25, -0.2) is 4.98 Å². The molecule has 10 nitrogen and oxygen atoms in total. The molecule has 188 valence electrons. The Hall–Kier alpha value is -4.44. The van der Waals surface area contributed by atoms with Crippen molar-refractivity contribution in [1.29, 1.82) is 0 Å². The Bertz CT molecular complexity index is 1670. The number of fused-ring (bicyclic) bond motifs is 1. The highest BCUT2D eigenvalue weighted by molar-refractivity contribution is 6.34. The minimum Gasteiger partial charge on any atom is -0.486 e. The number of rotatable bonds is 6. The number of ether oxygens (including phenoxy) is 1. The van der Waals surface area contributed by atoms with E-state index >= 15 is 0 Å². The van der Waals surface area contributed by atoms with Gasteiger partial charge in [-0.2, -0.15) is 14.2 Å². The molecular formula is C26H24ClN7O3. The number of nitrogens with one attached hydrogen (secondary N) is 1. The average molecular weight is 518 g/mol. The van der Waals surface area contributed by atoms with Gasteiger partial charge in [0, 0.05) is 23.6 Å². The van der Waals surface area contributed by atoms with Gasteiger partial charge in [0.15, 0.2) is 5.82 Å². The molecule has 1 saturated carbocycles. The lowest BCUT2D eigenvalue weighted by Crippen LogP contribution is -2.19. The van der Waals surface area contributed by atoms with E-state index in [1.54, 1.807) is 24.3 Å². The molecule has 6 rings (SSSR count). The number of hydrogen-bond donors (Lipinski definition) is 2. The molecule has 11 heteroatoms. The SMILES string of the molecule is C.Nc1cc(C2CC2)n(C(=O)c2c(Cl)cccc2OCc2cc(=O)n3[nH]c(-c4ccccc4)nc3n2)n1. The van der Waals surface area contributed by atoms with Crippen LogP contribution in [0.5, 0.6) is 5.75 Å². The van der Waals surface area contributed by atoms with E-state index in [1.807, 2.05) is 30.3 Å². The number of anilines is 1. The second kappa shape index (κ2) is 9.55. The maximum absolute atomic E-state index is 13.4. The van der Waals surface area contributed by atoms with E-state index < -0.39 is 5.91 Å². The van der Waals surface area contributed by atoms with E-state index in [2.05, 4.69) is 20.2 Å². The molecule has 3 N–H and O–H groups in total. The summed E-state index contributed by atoms with van der Waals surface area (Å²) in [6.45, 7) is -0.0728. The van der Waals surface area contributed by atoms with Crippen molar-refractivity contribution in [3.05, 3.63) is 93.0 Å². The highest BCUT2D eigenvalue weighted by atomic mass is 35.5. The van der Waals surface area contributed by atoms with Gasteiger partial charge in [0.1, 0.15) is 23.7 Å². The zero-order chi connectivity index (χ0) is 24.8. The van der Waals surface area contributed by atoms with Gasteiger partial charge in [-0.3, -0.25) is 14.7 Å². The van der Waals surface area contributed by atoms with Gasteiger partial charge in [-0.05, 0) is 25.0 Å². The van der Waals surface area contributed by atoms with Gasteiger partial charge < -0.3 is 10.5 Å². The third-order valence-electron chi connectivity index (χ3n) is 5.94. The number of nitrogen functional groups attached to an aromatic ring is 1. The van der Waals surface area contributed by atoms with Crippen LogP contribution in [0.4, 0.5) is 5.82 Å². The van der Waals surface area contributed by atoms with E-state index in [1.165, 1.54) is 15.3 Å². The molecular weight excluding hydrogens is 494 g/mol. The highest BCUT2D eigenvalue weighted by Gasteiger charge is 2.31. The largest absolute Gasteiger partial charge is 0.486 e. The summed E-state index contributed by atoms with van der Waals surface area (Å²) in [5, 5.41) is 7.36. The van der Waals surface area contributed by atoms with Crippen molar-refractivity contribution in [2.45, 2.75) is 32.8 Å². The van der Waals surface area contributed by atoms with Crippen molar-refractivity contribution in [3.8, 4) is 17.1 Å². The van der Waals surface area contributed by atoms with Crippen molar-refractivity contribution in [1.82, 2.24) is 29.4 Å². The van der Waals surface area contributed by atoms with E-state index in [9.17, 15) is 9.59 Å².